The van der Waals surface area contributed by atoms with Crippen molar-refractivity contribution in [3.05, 3.63) is 30.3 Å². The minimum Gasteiger partial charge on any atom is -0.481 e. The first-order chi connectivity index (χ1) is 10.6. The number of nitrogens with zero attached hydrogens (tertiary/aromatic N) is 2. The molecule has 0 saturated carbocycles. The number of rotatable bonds is 5. The van der Waals surface area contributed by atoms with Gasteiger partial charge in [-0.25, -0.2) is 4.79 Å². The van der Waals surface area contributed by atoms with Crippen LogP contribution in [0.2, 0.25) is 0 Å². The molecule has 1 atom stereocenters. The Morgan fingerprint density at radius 3 is 2.64 bits per heavy atom. The van der Waals surface area contributed by atoms with Crippen molar-refractivity contribution in [3.8, 4) is 0 Å². The van der Waals surface area contributed by atoms with Crippen molar-refractivity contribution in [2.24, 2.45) is 0 Å². The van der Waals surface area contributed by atoms with Crippen molar-refractivity contribution in [2.45, 2.75) is 25.8 Å². The number of carboxylic acid groups (broad SMARTS) is 1. The Hall–Kier alpha value is -2.24. The third-order valence-corrected chi connectivity index (χ3v) is 3.95. The van der Waals surface area contributed by atoms with E-state index in [1.165, 1.54) is 5.69 Å². The number of anilines is 1. The molecule has 0 aliphatic carbocycles. The highest BCUT2D eigenvalue weighted by Crippen LogP contribution is 2.20. The van der Waals surface area contributed by atoms with Crippen LogP contribution in [0.5, 0.6) is 0 Å². The molecule has 22 heavy (non-hydrogen) atoms. The first-order valence-electron chi connectivity index (χ1n) is 7.68. The summed E-state index contributed by atoms with van der Waals surface area (Å²) in [6.07, 6.45) is 0.822. The Bertz CT molecular complexity index is 507. The highest BCUT2D eigenvalue weighted by atomic mass is 16.4. The molecule has 0 spiro atoms. The quantitative estimate of drug-likeness (QED) is 0.869. The smallest absolute Gasteiger partial charge is 0.317 e. The van der Waals surface area contributed by atoms with Crippen LogP contribution < -0.4 is 10.2 Å². The second-order valence-electron chi connectivity index (χ2n) is 5.41. The topological polar surface area (TPSA) is 72.9 Å². The average molecular weight is 305 g/mol. The molecule has 120 valence electrons. The summed E-state index contributed by atoms with van der Waals surface area (Å²) in [5.41, 5.74) is 1.17. The minimum absolute atomic E-state index is 0.0491. The Labute approximate surface area is 130 Å². The summed E-state index contributed by atoms with van der Waals surface area (Å²) in [5.74, 6) is -0.902. The van der Waals surface area contributed by atoms with Crippen LogP contribution in [0.25, 0.3) is 0 Å². The molecule has 1 heterocycles. The lowest BCUT2D eigenvalue weighted by atomic mass is 10.1. The number of amides is 2. The number of hydrogen-bond acceptors (Lipinski definition) is 3. The van der Waals surface area contributed by atoms with Gasteiger partial charge in [-0.15, -0.1) is 0 Å². The van der Waals surface area contributed by atoms with E-state index in [0.717, 1.165) is 19.5 Å². The van der Waals surface area contributed by atoms with Gasteiger partial charge in [0, 0.05) is 31.9 Å². The number of carboxylic acids is 1. The van der Waals surface area contributed by atoms with Gasteiger partial charge in [0.1, 0.15) is 0 Å². The van der Waals surface area contributed by atoms with Gasteiger partial charge in [-0.2, -0.15) is 0 Å². The molecule has 1 unspecified atom stereocenters. The lowest BCUT2D eigenvalue weighted by Gasteiger charge is -2.42. The molecule has 0 bridgehead atoms. The van der Waals surface area contributed by atoms with Crippen LogP contribution in [0.1, 0.15) is 19.8 Å². The summed E-state index contributed by atoms with van der Waals surface area (Å²) in [7, 11) is 0. The minimum atomic E-state index is -0.902. The third-order valence-electron chi connectivity index (χ3n) is 3.95. The van der Waals surface area contributed by atoms with Crippen LogP contribution in [0.3, 0.4) is 0 Å². The highest BCUT2D eigenvalue weighted by molar-refractivity contribution is 5.76. The number of aliphatic carboxylic acids is 1. The van der Waals surface area contributed by atoms with E-state index in [1.807, 2.05) is 23.1 Å². The van der Waals surface area contributed by atoms with E-state index < -0.39 is 5.97 Å². The zero-order valence-electron chi connectivity index (χ0n) is 12.9. The molecule has 6 heteroatoms. The van der Waals surface area contributed by atoms with Gasteiger partial charge in [-0.3, -0.25) is 4.79 Å². The second-order valence-corrected chi connectivity index (χ2v) is 5.41. The first kappa shape index (κ1) is 16.1. The summed E-state index contributed by atoms with van der Waals surface area (Å²) in [5, 5.41) is 11.3. The number of para-hydroxylation sites is 1. The molecule has 1 fully saturated rings. The van der Waals surface area contributed by atoms with Crippen molar-refractivity contribution in [1.29, 1.82) is 0 Å². The molecule has 1 aliphatic heterocycles. The second kappa shape index (κ2) is 7.68. The molecular formula is C16H23N3O3. The fraction of sp³-hybridized carbons (Fsp3) is 0.500. The van der Waals surface area contributed by atoms with E-state index in [4.69, 9.17) is 5.11 Å². The molecular weight excluding hydrogens is 282 g/mol. The molecule has 0 radical (unpaired) electrons. The normalized spacial score (nSPS) is 18.1. The molecule has 1 aliphatic rings. The maximum atomic E-state index is 12.2. The van der Waals surface area contributed by atoms with E-state index in [2.05, 4.69) is 29.3 Å². The van der Waals surface area contributed by atoms with Gasteiger partial charge in [0.05, 0.1) is 12.5 Å². The number of carbonyl (C=O) groups is 2. The van der Waals surface area contributed by atoms with Crippen LogP contribution in [0.15, 0.2) is 30.3 Å². The van der Waals surface area contributed by atoms with Crippen LogP contribution in [0, 0.1) is 0 Å². The standard InChI is InChI=1S/C16H23N3O3/c1-2-13-12-18(14-6-4-3-5-7-14)10-11-19(13)16(22)17-9-8-15(20)21/h3-7,13H,2,8-12H2,1H3,(H,17,22)(H,20,21). The van der Waals surface area contributed by atoms with E-state index in [0.29, 0.717) is 6.54 Å². The number of benzene rings is 1. The van der Waals surface area contributed by atoms with Crippen molar-refractivity contribution >= 4 is 17.7 Å². The highest BCUT2D eigenvalue weighted by Gasteiger charge is 2.29. The molecule has 1 saturated heterocycles. The van der Waals surface area contributed by atoms with Crippen molar-refractivity contribution in [2.75, 3.05) is 31.1 Å². The van der Waals surface area contributed by atoms with Gasteiger partial charge in [-0.05, 0) is 18.6 Å². The Morgan fingerprint density at radius 1 is 1.27 bits per heavy atom. The summed E-state index contributed by atoms with van der Waals surface area (Å²) < 4.78 is 0. The van der Waals surface area contributed by atoms with Gasteiger partial charge >= 0.3 is 12.0 Å². The van der Waals surface area contributed by atoms with Gasteiger partial charge in [0.25, 0.3) is 0 Å². The van der Waals surface area contributed by atoms with E-state index in [9.17, 15) is 9.59 Å². The predicted molar refractivity (Wildman–Crippen MR) is 85.1 cm³/mol. The number of nitrogens with one attached hydrogen (secondary N) is 1. The van der Waals surface area contributed by atoms with Crippen molar-refractivity contribution < 1.29 is 14.7 Å². The lowest BCUT2D eigenvalue weighted by Crippen LogP contribution is -2.57. The molecule has 2 amide bonds. The van der Waals surface area contributed by atoms with Gasteiger partial charge < -0.3 is 20.2 Å². The largest absolute Gasteiger partial charge is 0.481 e. The van der Waals surface area contributed by atoms with Crippen molar-refractivity contribution in [1.82, 2.24) is 10.2 Å². The molecule has 6 nitrogen and oxygen atoms in total. The summed E-state index contributed by atoms with van der Waals surface area (Å²) in [6, 6.07) is 10.2. The molecule has 0 aromatic heterocycles. The monoisotopic (exact) mass is 305 g/mol. The Balaban J connectivity index is 1.92. The molecule has 1 aromatic rings. The van der Waals surface area contributed by atoms with Crippen molar-refractivity contribution in [3.63, 3.8) is 0 Å². The Morgan fingerprint density at radius 2 is 2.00 bits per heavy atom. The zero-order chi connectivity index (χ0) is 15.9. The fourth-order valence-electron chi connectivity index (χ4n) is 2.72. The predicted octanol–water partition coefficient (Wildman–Crippen LogP) is 1.77. The molecule has 1 aromatic carbocycles. The lowest BCUT2D eigenvalue weighted by molar-refractivity contribution is -0.136. The number of carbonyl (C=O) groups excluding carboxylic acids is 1. The van der Waals surface area contributed by atoms with Gasteiger partial charge in [0.2, 0.25) is 0 Å². The average Bonchev–Trinajstić information content (AvgIpc) is 2.54. The number of urea groups is 1. The fourth-order valence-corrected chi connectivity index (χ4v) is 2.72. The SMILES string of the molecule is CCC1CN(c2ccccc2)CCN1C(=O)NCCC(=O)O. The van der Waals surface area contributed by atoms with Crippen LogP contribution in [-0.2, 0) is 4.79 Å². The molecule has 2 N–H and O–H groups in total. The molecule has 2 rings (SSSR count). The third kappa shape index (κ3) is 4.13. The van der Waals surface area contributed by atoms with E-state index >= 15 is 0 Å². The first-order valence-corrected chi connectivity index (χ1v) is 7.68. The maximum Gasteiger partial charge on any atom is 0.317 e. The summed E-state index contributed by atoms with van der Waals surface area (Å²) in [4.78, 5) is 26.8. The van der Waals surface area contributed by atoms with Crippen LogP contribution >= 0.6 is 0 Å². The number of piperazine rings is 1. The summed E-state index contributed by atoms with van der Waals surface area (Å²) in [6.45, 7) is 4.46. The Kier molecular flexibility index (Phi) is 5.63. The van der Waals surface area contributed by atoms with E-state index in [-0.39, 0.29) is 25.0 Å². The van der Waals surface area contributed by atoms with Gasteiger partial charge in [-0.1, -0.05) is 25.1 Å². The zero-order valence-corrected chi connectivity index (χ0v) is 12.9. The number of hydrogen-bond donors (Lipinski definition) is 2. The van der Waals surface area contributed by atoms with E-state index in [1.54, 1.807) is 0 Å². The van der Waals surface area contributed by atoms with Crippen LogP contribution in [-0.4, -0.2) is 54.2 Å². The van der Waals surface area contributed by atoms with Crippen LogP contribution in [0.4, 0.5) is 10.5 Å². The summed E-state index contributed by atoms with van der Waals surface area (Å²) >= 11 is 0. The van der Waals surface area contributed by atoms with Gasteiger partial charge in [0.15, 0.2) is 0 Å². The maximum absolute atomic E-state index is 12.2.